The molecule has 0 amide bonds. The van der Waals surface area contributed by atoms with Gasteiger partial charge in [-0.25, -0.2) is 4.79 Å². The van der Waals surface area contributed by atoms with Gasteiger partial charge in [-0.05, 0) is 17.7 Å². The van der Waals surface area contributed by atoms with E-state index in [4.69, 9.17) is 30.8 Å². The van der Waals surface area contributed by atoms with Gasteiger partial charge in [0.05, 0.1) is 24.3 Å². The van der Waals surface area contributed by atoms with Crippen molar-refractivity contribution in [3.8, 4) is 5.75 Å². The number of hydrogen-bond acceptors (Lipinski definition) is 6. The molecule has 0 saturated heterocycles. The second-order valence-electron chi connectivity index (χ2n) is 5.24. The highest BCUT2D eigenvalue weighted by molar-refractivity contribution is 6.35. The number of carbonyl (C=O) groups is 2. The molecule has 7 heteroatoms. The van der Waals surface area contributed by atoms with Crippen LogP contribution in [0.1, 0.15) is 21.8 Å². The van der Waals surface area contributed by atoms with Crippen molar-refractivity contribution in [3.63, 3.8) is 0 Å². The molecule has 0 aliphatic carbocycles. The molecular weight excluding hydrogens is 360 g/mol. The Morgan fingerprint density at radius 1 is 1.00 bits per heavy atom. The Bertz CT molecular complexity index is 747. The minimum Gasteiger partial charge on any atom is -0.496 e. The molecule has 0 N–H and O–H groups in total. The topological polar surface area (TPSA) is 71.1 Å². The molecule has 26 heavy (non-hydrogen) atoms. The monoisotopic (exact) mass is 378 g/mol. The van der Waals surface area contributed by atoms with E-state index in [-0.39, 0.29) is 29.5 Å². The predicted octanol–water partition coefficient (Wildman–Crippen LogP) is 3.44. The van der Waals surface area contributed by atoms with Gasteiger partial charge in [0, 0.05) is 7.11 Å². The van der Waals surface area contributed by atoms with Gasteiger partial charge in [0.15, 0.2) is 5.78 Å². The Labute approximate surface area is 156 Å². The van der Waals surface area contributed by atoms with E-state index in [2.05, 4.69) is 0 Å². The molecule has 0 spiro atoms. The fraction of sp³-hybridized carbons (Fsp3) is 0.263. The van der Waals surface area contributed by atoms with Crippen molar-refractivity contribution in [3.05, 3.63) is 64.7 Å². The summed E-state index contributed by atoms with van der Waals surface area (Å²) in [6, 6.07) is 13.3. The molecule has 2 rings (SSSR count). The van der Waals surface area contributed by atoms with E-state index in [1.807, 2.05) is 0 Å². The standard InChI is InChI=1S/C19H19ClO6/c1-23-11-12-25-26-19(22)16(13-7-4-3-5-8-13)18(21)17-14(20)9-6-10-15(17)24-2/h3-10,16H,11-12H2,1-2H3. The molecule has 138 valence electrons. The van der Waals surface area contributed by atoms with E-state index < -0.39 is 17.7 Å². The van der Waals surface area contributed by atoms with Crippen LogP contribution in [0.25, 0.3) is 0 Å². The van der Waals surface area contributed by atoms with Crippen LogP contribution >= 0.6 is 11.6 Å². The third kappa shape index (κ3) is 4.82. The number of benzene rings is 2. The van der Waals surface area contributed by atoms with Gasteiger partial charge < -0.3 is 9.47 Å². The zero-order valence-corrected chi connectivity index (χ0v) is 15.2. The van der Waals surface area contributed by atoms with Gasteiger partial charge in [-0.3, -0.25) is 9.68 Å². The number of carbonyl (C=O) groups excluding carboxylic acids is 2. The van der Waals surface area contributed by atoms with Crippen LogP contribution in [-0.4, -0.2) is 39.2 Å². The van der Waals surface area contributed by atoms with Crippen LogP contribution < -0.4 is 4.74 Å². The molecule has 2 aromatic rings. The molecule has 0 saturated carbocycles. The molecule has 2 aromatic carbocycles. The van der Waals surface area contributed by atoms with E-state index in [0.29, 0.717) is 5.56 Å². The molecule has 6 nitrogen and oxygen atoms in total. The van der Waals surface area contributed by atoms with Crippen molar-refractivity contribution in [1.29, 1.82) is 0 Å². The summed E-state index contributed by atoms with van der Waals surface area (Å²) >= 11 is 6.18. The van der Waals surface area contributed by atoms with E-state index in [0.717, 1.165) is 0 Å². The van der Waals surface area contributed by atoms with Crippen molar-refractivity contribution in [2.75, 3.05) is 27.4 Å². The minimum atomic E-state index is -1.24. The maximum atomic E-state index is 13.1. The van der Waals surface area contributed by atoms with Gasteiger partial charge in [0.2, 0.25) is 0 Å². The fourth-order valence-corrected chi connectivity index (χ4v) is 2.62. The SMILES string of the molecule is COCCOOC(=O)C(C(=O)c1c(Cl)cccc1OC)c1ccccc1. The summed E-state index contributed by atoms with van der Waals surface area (Å²) in [4.78, 5) is 35.3. The summed E-state index contributed by atoms with van der Waals surface area (Å²) in [6.07, 6.45) is 0. The van der Waals surface area contributed by atoms with Crippen molar-refractivity contribution >= 4 is 23.4 Å². The van der Waals surface area contributed by atoms with Crippen LogP contribution in [-0.2, 0) is 19.3 Å². The minimum absolute atomic E-state index is 0.0490. The lowest BCUT2D eigenvalue weighted by Gasteiger charge is -2.17. The summed E-state index contributed by atoms with van der Waals surface area (Å²) in [5, 5.41) is 0.184. The van der Waals surface area contributed by atoms with Crippen molar-refractivity contribution in [1.82, 2.24) is 0 Å². The molecule has 0 aliphatic rings. The molecule has 0 bridgehead atoms. The van der Waals surface area contributed by atoms with Gasteiger partial charge in [0.25, 0.3) is 0 Å². The zero-order valence-electron chi connectivity index (χ0n) is 14.4. The summed E-state index contributed by atoms with van der Waals surface area (Å²) in [6.45, 7) is 0.295. The Hall–Kier alpha value is -2.41. The third-order valence-corrected chi connectivity index (χ3v) is 3.90. The van der Waals surface area contributed by atoms with Gasteiger partial charge >= 0.3 is 5.97 Å². The van der Waals surface area contributed by atoms with Crippen LogP contribution in [0.5, 0.6) is 5.75 Å². The van der Waals surface area contributed by atoms with Gasteiger partial charge in [-0.2, -0.15) is 4.89 Å². The Kier molecular flexibility index (Phi) is 7.59. The second-order valence-corrected chi connectivity index (χ2v) is 5.65. The molecule has 1 atom stereocenters. The van der Waals surface area contributed by atoms with Crippen LogP contribution in [0.2, 0.25) is 5.02 Å². The Balaban J connectivity index is 2.35. The van der Waals surface area contributed by atoms with Crippen LogP contribution in [0, 0.1) is 0 Å². The summed E-state index contributed by atoms with van der Waals surface area (Å²) in [5.74, 6) is -2.36. The first-order valence-electron chi connectivity index (χ1n) is 7.84. The lowest BCUT2D eigenvalue weighted by molar-refractivity contribution is -0.276. The first-order valence-corrected chi connectivity index (χ1v) is 8.21. The average molecular weight is 379 g/mol. The third-order valence-electron chi connectivity index (χ3n) is 3.58. The van der Waals surface area contributed by atoms with Crippen LogP contribution in [0.15, 0.2) is 48.5 Å². The summed E-state index contributed by atoms with van der Waals surface area (Å²) in [7, 11) is 2.91. The number of halogens is 1. The smallest absolute Gasteiger partial charge is 0.357 e. The lowest BCUT2D eigenvalue weighted by Crippen LogP contribution is -2.25. The largest absolute Gasteiger partial charge is 0.496 e. The van der Waals surface area contributed by atoms with E-state index >= 15 is 0 Å². The van der Waals surface area contributed by atoms with Crippen LogP contribution in [0.3, 0.4) is 0 Å². The highest BCUT2D eigenvalue weighted by atomic mass is 35.5. The molecule has 1 unspecified atom stereocenters. The van der Waals surface area contributed by atoms with E-state index in [1.54, 1.807) is 48.5 Å². The molecule has 0 aromatic heterocycles. The fourth-order valence-electron chi connectivity index (χ4n) is 2.36. The first kappa shape index (κ1) is 19.9. The predicted molar refractivity (Wildman–Crippen MR) is 95.4 cm³/mol. The molecular formula is C19H19ClO6. The van der Waals surface area contributed by atoms with Gasteiger partial charge in [0.1, 0.15) is 18.3 Å². The maximum Gasteiger partial charge on any atom is 0.357 e. The molecule has 0 radical (unpaired) electrons. The molecule has 0 aliphatic heterocycles. The van der Waals surface area contributed by atoms with E-state index in [1.165, 1.54) is 14.2 Å². The summed E-state index contributed by atoms with van der Waals surface area (Å²) < 4.78 is 10.0. The van der Waals surface area contributed by atoms with E-state index in [9.17, 15) is 9.59 Å². The Morgan fingerprint density at radius 2 is 1.73 bits per heavy atom. The Morgan fingerprint density at radius 3 is 2.38 bits per heavy atom. The number of Topliss-reactive ketones (excluding diaryl/α,β-unsaturated/α-hetero) is 1. The normalized spacial score (nSPS) is 11.7. The van der Waals surface area contributed by atoms with Crippen LogP contribution in [0.4, 0.5) is 0 Å². The summed E-state index contributed by atoms with van der Waals surface area (Å²) in [5.41, 5.74) is 0.569. The number of ketones is 1. The lowest BCUT2D eigenvalue weighted by atomic mass is 9.90. The molecule has 0 fully saturated rings. The number of rotatable bonds is 9. The molecule has 0 heterocycles. The van der Waals surface area contributed by atoms with Gasteiger partial charge in [-0.15, -0.1) is 0 Å². The van der Waals surface area contributed by atoms with Crippen molar-refractivity contribution in [2.45, 2.75) is 5.92 Å². The van der Waals surface area contributed by atoms with Crippen molar-refractivity contribution < 1.29 is 28.8 Å². The quantitative estimate of drug-likeness (QED) is 0.219. The number of methoxy groups -OCH3 is 2. The van der Waals surface area contributed by atoms with Gasteiger partial charge in [-0.1, -0.05) is 48.0 Å². The maximum absolute atomic E-state index is 13.1. The average Bonchev–Trinajstić information content (AvgIpc) is 2.66. The second kappa shape index (κ2) is 9.91. The van der Waals surface area contributed by atoms with Crippen molar-refractivity contribution in [2.24, 2.45) is 0 Å². The first-order chi connectivity index (χ1) is 12.6. The zero-order chi connectivity index (χ0) is 18.9. The number of ether oxygens (including phenoxy) is 2. The highest BCUT2D eigenvalue weighted by Gasteiger charge is 2.34. The number of hydrogen-bond donors (Lipinski definition) is 0. The highest BCUT2D eigenvalue weighted by Crippen LogP contribution is 2.32.